The van der Waals surface area contributed by atoms with Crippen LogP contribution in [0.1, 0.15) is 12.8 Å². The molecule has 1 aliphatic carbocycles. The molecule has 6 nitrogen and oxygen atoms in total. The normalized spacial score (nSPS) is 13.5. The highest BCUT2D eigenvalue weighted by molar-refractivity contribution is 5.94. The highest BCUT2D eigenvalue weighted by Gasteiger charge is 2.28. The smallest absolute Gasteiger partial charge is 0.248 e. The molecule has 6 heteroatoms. The van der Waals surface area contributed by atoms with Gasteiger partial charge in [0.2, 0.25) is 5.91 Å². The first kappa shape index (κ1) is 17.6. The summed E-state index contributed by atoms with van der Waals surface area (Å²) in [5.41, 5.74) is 4.74. The van der Waals surface area contributed by atoms with Crippen LogP contribution in [-0.2, 0) is 11.3 Å². The van der Waals surface area contributed by atoms with Gasteiger partial charge in [-0.25, -0.2) is 4.68 Å². The molecule has 0 spiro atoms. The number of nitrogens with zero attached hydrogens (tertiary/aromatic N) is 5. The standard InChI is InChI=1S/C23H21N5O/c29-23(16-28-22-6-2-1-5-21(22)25-26-28)27(15-17-7-8-17)20-11-9-18(10-12-20)19-4-3-13-24-14-19/h1-6,9-14,17H,7-8,15-16H2. The van der Waals surface area contributed by atoms with Gasteiger partial charge in [-0.2, -0.15) is 0 Å². The number of anilines is 1. The Bertz CT molecular complexity index is 1130. The highest BCUT2D eigenvalue weighted by Crippen LogP contribution is 2.32. The number of benzene rings is 2. The van der Waals surface area contributed by atoms with Gasteiger partial charge in [0.1, 0.15) is 12.1 Å². The van der Waals surface area contributed by atoms with Crippen LogP contribution in [0.2, 0.25) is 0 Å². The van der Waals surface area contributed by atoms with Crippen LogP contribution in [-0.4, -0.2) is 32.4 Å². The fourth-order valence-electron chi connectivity index (χ4n) is 3.52. The van der Waals surface area contributed by atoms with E-state index in [1.54, 1.807) is 10.9 Å². The lowest BCUT2D eigenvalue weighted by molar-refractivity contribution is -0.119. The predicted octanol–water partition coefficient (Wildman–Crippen LogP) is 3.94. The number of carbonyl (C=O) groups is 1. The number of fused-ring (bicyclic) bond motifs is 1. The largest absolute Gasteiger partial charge is 0.311 e. The van der Waals surface area contributed by atoms with Crippen LogP contribution in [0.15, 0.2) is 73.1 Å². The highest BCUT2D eigenvalue weighted by atomic mass is 16.2. The van der Waals surface area contributed by atoms with Crippen LogP contribution < -0.4 is 4.90 Å². The van der Waals surface area contributed by atoms with Crippen LogP contribution in [0, 0.1) is 5.92 Å². The molecule has 2 aromatic heterocycles. The van der Waals surface area contributed by atoms with Crippen molar-refractivity contribution < 1.29 is 4.79 Å². The van der Waals surface area contributed by atoms with E-state index in [0.29, 0.717) is 5.92 Å². The van der Waals surface area contributed by atoms with Crippen LogP contribution in [0.25, 0.3) is 22.2 Å². The zero-order valence-electron chi connectivity index (χ0n) is 16.0. The number of pyridine rings is 1. The molecular formula is C23H21N5O. The maximum Gasteiger partial charge on any atom is 0.248 e. The lowest BCUT2D eigenvalue weighted by Crippen LogP contribution is -2.35. The van der Waals surface area contributed by atoms with Crippen molar-refractivity contribution in [2.45, 2.75) is 19.4 Å². The molecule has 0 bridgehead atoms. The van der Waals surface area contributed by atoms with Gasteiger partial charge in [-0.05, 0) is 60.2 Å². The summed E-state index contributed by atoms with van der Waals surface area (Å²) in [7, 11) is 0. The molecule has 1 saturated carbocycles. The van der Waals surface area contributed by atoms with Gasteiger partial charge >= 0.3 is 0 Å². The third-order valence-electron chi connectivity index (χ3n) is 5.32. The van der Waals surface area contributed by atoms with Gasteiger partial charge in [0.25, 0.3) is 0 Å². The Morgan fingerprint density at radius 3 is 2.59 bits per heavy atom. The molecular weight excluding hydrogens is 362 g/mol. The SMILES string of the molecule is O=C(Cn1nnc2ccccc21)N(CC1CC1)c1ccc(-c2cccnc2)cc1. The summed E-state index contributed by atoms with van der Waals surface area (Å²) in [5.74, 6) is 0.617. The molecule has 2 aromatic carbocycles. The number of amides is 1. The fraction of sp³-hybridized carbons (Fsp3) is 0.217. The van der Waals surface area contributed by atoms with Gasteiger partial charge in [0.15, 0.2) is 0 Å². The van der Waals surface area contributed by atoms with Crippen molar-refractivity contribution in [3.8, 4) is 11.1 Å². The minimum Gasteiger partial charge on any atom is -0.311 e. The fourth-order valence-corrected chi connectivity index (χ4v) is 3.52. The second-order valence-corrected chi connectivity index (χ2v) is 7.47. The zero-order valence-corrected chi connectivity index (χ0v) is 16.0. The second kappa shape index (κ2) is 7.47. The number of hydrogen-bond acceptors (Lipinski definition) is 4. The Morgan fingerprint density at radius 1 is 1.00 bits per heavy atom. The summed E-state index contributed by atoms with van der Waals surface area (Å²) < 4.78 is 1.68. The van der Waals surface area contributed by atoms with Gasteiger partial charge < -0.3 is 4.90 Å². The van der Waals surface area contributed by atoms with Crippen molar-refractivity contribution in [2.24, 2.45) is 5.92 Å². The molecule has 1 amide bonds. The number of hydrogen-bond donors (Lipinski definition) is 0. The van der Waals surface area contributed by atoms with Crippen molar-refractivity contribution in [1.29, 1.82) is 0 Å². The van der Waals surface area contributed by atoms with Crippen molar-refractivity contribution >= 4 is 22.6 Å². The minimum absolute atomic E-state index is 0.0293. The van der Waals surface area contributed by atoms with E-state index in [2.05, 4.69) is 15.3 Å². The Balaban J connectivity index is 1.40. The van der Waals surface area contributed by atoms with Crippen molar-refractivity contribution in [3.05, 3.63) is 73.1 Å². The third kappa shape index (κ3) is 3.74. The molecule has 0 N–H and O–H groups in total. The summed E-state index contributed by atoms with van der Waals surface area (Å²) in [5, 5.41) is 8.33. The summed E-state index contributed by atoms with van der Waals surface area (Å²) in [4.78, 5) is 19.3. The van der Waals surface area contributed by atoms with Gasteiger partial charge in [-0.1, -0.05) is 35.5 Å². The number of para-hydroxylation sites is 1. The molecule has 0 unspecified atom stereocenters. The summed E-state index contributed by atoms with van der Waals surface area (Å²) >= 11 is 0. The Morgan fingerprint density at radius 2 is 1.83 bits per heavy atom. The van der Waals surface area contributed by atoms with E-state index >= 15 is 0 Å². The number of carbonyl (C=O) groups excluding carboxylic acids is 1. The summed E-state index contributed by atoms with van der Waals surface area (Å²) in [6, 6.07) is 19.8. The molecule has 144 valence electrons. The lowest BCUT2D eigenvalue weighted by Gasteiger charge is -2.23. The molecule has 0 radical (unpaired) electrons. The zero-order chi connectivity index (χ0) is 19.6. The van der Waals surface area contributed by atoms with Gasteiger partial charge in [0, 0.05) is 24.6 Å². The molecule has 1 fully saturated rings. The van der Waals surface area contributed by atoms with Crippen LogP contribution in [0.4, 0.5) is 5.69 Å². The van der Waals surface area contributed by atoms with Gasteiger partial charge in [0.05, 0.1) is 5.52 Å². The first-order valence-electron chi connectivity index (χ1n) is 9.87. The molecule has 29 heavy (non-hydrogen) atoms. The molecule has 2 heterocycles. The molecule has 4 aromatic rings. The molecule has 5 rings (SSSR count). The average molecular weight is 383 g/mol. The van der Waals surface area contributed by atoms with Gasteiger partial charge in [-0.3, -0.25) is 9.78 Å². The maximum atomic E-state index is 13.2. The summed E-state index contributed by atoms with van der Waals surface area (Å²) in [6.45, 7) is 0.926. The lowest BCUT2D eigenvalue weighted by atomic mass is 10.1. The number of rotatable bonds is 6. The molecule has 0 aliphatic heterocycles. The minimum atomic E-state index is 0.0293. The van der Waals surface area contributed by atoms with E-state index in [-0.39, 0.29) is 12.5 Å². The average Bonchev–Trinajstić information content (AvgIpc) is 3.52. The molecule has 1 aliphatic rings. The quantitative estimate of drug-likeness (QED) is 0.506. The van der Waals surface area contributed by atoms with Crippen LogP contribution in [0.3, 0.4) is 0 Å². The summed E-state index contributed by atoms with van der Waals surface area (Å²) in [6.07, 6.45) is 5.98. The van der Waals surface area contributed by atoms with Crippen molar-refractivity contribution in [3.63, 3.8) is 0 Å². The van der Waals surface area contributed by atoms with Crippen molar-refractivity contribution in [2.75, 3.05) is 11.4 Å². The van der Waals surface area contributed by atoms with E-state index in [0.717, 1.165) is 34.4 Å². The van der Waals surface area contributed by atoms with E-state index in [9.17, 15) is 4.79 Å². The van der Waals surface area contributed by atoms with Gasteiger partial charge in [-0.15, -0.1) is 5.10 Å². The first-order valence-corrected chi connectivity index (χ1v) is 9.87. The third-order valence-corrected chi connectivity index (χ3v) is 5.32. The monoisotopic (exact) mass is 383 g/mol. The molecule has 0 atom stereocenters. The molecule has 0 saturated heterocycles. The predicted molar refractivity (Wildman–Crippen MR) is 112 cm³/mol. The second-order valence-electron chi connectivity index (χ2n) is 7.47. The maximum absolute atomic E-state index is 13.2. The van der Waals surface area contributed by atoms with E-state index in [1.807, 2.05) is 71.8 Å². The van der Waals surface area contributed by atoms with Crippen molar-refractivity contribution in [1.82, 2.24) is 20.0 Å². The topological polar surface area (TPSA) is 63.9 Å². The van der Waals surface area contributed by atoms with E-state index in [1.165, 1.54) is 12.8 Å². The Kier molecular flexibility index (Phi) is 4.52. The van der Waals surface area contributed by atoms with E-state index < -0.39 is 0 Å². The van der Waals surface area contributed by atoms with E-state index in [4.69, 9.17) is 0 Å². The van der Waals surface area contributed by atoms with Crippen LogP contribution in [0.5, 0.6) is 0 Å². The van der Waals surface area contributed by atoms with Crippen LogP contribution >= 0.6 is 0 Å². The Hall–Kier alpha value is -3.54. The Labute approximate surface area is 168 Å². The number of aromatic nitrogens is 4. The first-order chi connectivity index (χ1) is 14.3.